The third kappa shape index (κ3) is 6.49. The fourth-order valence-corrected chi connectivity index (χ4v) is 3.95. The van der Waals surface area contributed by atoms with Gasteiger partial charge in [-0.3, -0.25) is 10.1 Å². The molecule has 1 atom stereocenters. The molecule has 10 heteroatoms. The van der Waals surface area contributed by atoms with Crippen molar-refractivity contribution in [2.24, 2.45) is 5.73 Å². The molecule has 0 aliphatic heterocycles. The highest BCUT2D eigenvalue weighted by Crippen LogP contribution is 2.33. The van der Waals surface area contributed by atoms with Gasteiger partial charge in [0.15, 0.2) is 12.0 Å². The standard InChI is InChI=1S/C26H29ClN6O3/c1-16-8-9-17-6-5-7-22(24(17)33-16)36-25(30-2)23-19(14-29)18(10-11-20(23)27)21(34)15-32-26(35)31-13-4-3-12-28/h5-11,25,30H,3-4,12-13,15,28H2,1-2H3,(H2,31,32,35). The zero-order chi connectivity index (χ0) is 26.1. The van der Waals surface area contributed by atoms with Crippen molar-refractivity contribution in [3.63, 3.8) is 0 Å². The van der Waals surface area contributed by atoms with Crippen LogP contribution in [0.3, 0.4) is 0 Å². The number of nitrogens with two attached hydrogens (primary N) is 1. The first-order valence-corrected chi connectivity index (χ1v) is 11.9. The first kappa shape index (κ1) is 26.9. The van der Waals surface area contributed by atoms with Gasteiger partial charge >= 0.3 is 6.03 Å². The van der Waals surface area contributed by atoms with Crippen molar-refractivity contribution < 1.29 is 14.3 Å². The van der Waals surface area contributed by atoms with Crippen LogP contribution in [0.4, 0.5) is 4.79 Å². The first-order chi connectivity index (χ1) is 17.4. The smallest absolute Gasteiger partial charge is 0.315 e. The van der Waals surface area contributed by atoms with Crippen molar-refractivity contribution >= 4 is 34.3 Å². The van der Waals surface area contributed by atoms with E-state index in [0.29, 0.717) is 29.9 Å². The number of Topliss-reactive ketones (excluding diaryl/α,β-unsaturated/α-hetero) is 1. The number of hydrogen-bond acceptors (Lipinski definition) is 7. The molecule has 1 heterocycles. The third-order valence-corrected chi connectivity index (χ3v) is 5.85. The minimum absolute atomic E-state index is 0.0707. The van der Waals surface area contributed by atoms with Crippen molar-refractivity contribution in [2.45, 2.75) is 26.0 Å². The van der Waals surface area contributed by atoms with Crippen LogP contribution in [0, 0.1) is 18.3 Å². The van der Waals surface area contributed by atoms with Crippen molar-refractivity contribution in [1.29, 1.82) is 5.26 Å². The molecule has 2 aromatic carbocycles. The van der Waals surface area contributed by atoms with Crippen LogP contribution >= 0.6 is 11.6 Å². The molecule has 0 spiro atoms. The van der Waals surface area contributed by atoms with E-state index in [1.54, 1.807) is 13.1 Å². The summed E-state index contributed by atoms with van der Waals surface area (Å²) in [5, 5.41) is 19.3. The van der Waals surface area contributed by atoms with E-state index in [-0.39, 0.29) is 22.7 Å². The Hall–Kier alpha value is -3.71. The number of ketones is 1. The molecule has 0 saturated carbocycles. The van der Waals surface area contributed by atoms with E-state index >= 15 is 0 Å². The Balaban J connectivity index is 1.85. The Labute approximate surface area is 215 Å². The summed E-state index contributed by atoms with van der Waals surface area (Å²) >= 11 is 6.49. The molecule has 3 rings (SSSR count). The number of nitrogens with one attached hydrogen (secondary N) is 3. The zero-order valence-electron chi connectivity index (χ0n) is 20.2. The number of amides is 2. The number of hydrogen-bond donors (Lipinski definition) is 4. The average Bonchev–Trinajstić information content (AvgIpc) is 2.88. The summed E-state index contributed by atoms with van der Waals surface area (Å²) in [5.74, 6) is 0.0686. The van der Waals surface area contributed by atoms with E-state index in [1.807, 2.05) is 31.2 Å². The van der Waals surface area contributed by atoms with Gasteiger partial charge in [-0.1, -0.05) is 29.8 Å². The number of pyridine rings is 1. The van der Waals surface area contributed by atoms with Gasteiger partial charge in [0.05, 0.1) is 17.1 Å². The number of unbranched alkanes of at least 4 members (excludes halogenated alkanes) is 1. The van der Waals surface area contributed by atoms with E-state index in [2.05, 4.69) is 27.0 Å². The highest BCUT2D eigenvalue weighted by atomic mass is 35.5. The molecule has 0 bridgehead atoms. The van der Waals surface area contributed by atoms with Crippen LogP contribution in [0.2, 0.25) is 5.02 Å². The maximum absolute atomic E-state index is 12.9. The van der Waals surface area contributed by atoms with Crippen LogP contribution in [0.1, 0.15) is 46.2 Å². The topological polar surface area (TPSA) is 142 Å². The molecule has 36 heavy (non-hydrogen) atoms. The van der Waals surface area contributed by atoms with Crippen molar-refractivity contribution in [3.05, 3.63) is 69.9 Å². The molecule has 2 amide bonds. The quantitative estimate of drug-likeness (QED) is 0.176. The second-order valence-corrected chi connectivity index (χ2v) is 8.50. The zero-order valence-corrected chi connectivity index (χ0v) is 21.0. The van der Waals surface area contributed by atoms with Crippen molar-refractivity contribution in [3.8, 4) is 11.8 Å². The van der Waals surface area contributed by atoms with Gasteiger partial charge in [-0.15, -0.1) is 0 Å². The maximum atomic E-state index is 12.9. The van der Waals surface area contributed by atoms with Gasteiger partial charge in [0.2, 0.25) is 0 Å². The number of aromatic nitrogens is 1. The van der Waals surface area contributed by atoms with Gasteiger partial charge in [-0.2, -0.15) is 5.26 Å². The molecule has 0 aliphatic rings. The summed E-state index contributed by atoms with van der Waals surface area (Å²) in [6.45, 7) is 2.61. The fraction of sp³-hybridized carbons (Fsp3) is 0.308. The average molecular weight is 509 g/mol. The lowest BCUT2D eigenvalue weighted by atomic mass is 9.97. The lowest BCUT2D eigenvalue weighted by Crippen LogP contribution is -2.39. The third-order valence-electron chi connectivity index (χ3n) is 5.52. The molecule has 0 saturated heterocycles. The van der Waals surface area contributed by atoms with Crippen molar-refractivity contribution in [2.75, 3.05) is 26.7 Å². The second kappa shape index (κ2) is 12.8. The summed E-state index contributed by atoms with van der Waals surface area (Å²) in [5.41, 5.74) is 7.47. The molecule has 1 unspecified atom stereocenters. The van der Waals surface area contributed by atoms with E-state index < -0.39 is 18.0 Å². The fourth-order valence-electron chi connectivity index (χ4n) is 3.69. The number of benzene rings is 2. The normalized spacial score (nSPS) is 11.5. The predicted molar refractivity (Wildman–Crippen MR) is 139 cm³/mol. The van der Waals surface area contributed by atoms with Gasteiger partial charge in [-0.05, 0) is 57.6 Å². The summed E-state index contributed by atoms with van der Waals surface area (Å²) in [4.78, 5) is 29.5. The number of rotatable bonds is 11. The van der Waals surface area contributed by atoms with Crippen LogP contribution in [-0.2, 0) is 0 Å². The summed E-state index contributed by atoms with van der Waals surface area (Å²) in [7, 11) is 1.66. The van der Waals surface area contributed by atoms with Gasteiger partial charge in [0.25, 0.3) is 0 Å². The Morgan fingerprint density at radius 2 is 1.97 bits per heavy atom. The number of halogens is 1. The van der Waals surface area contributed by atoms with E-state index in [4.69, 9.17) is 22.1 Å². The Morgan fingerprint density at radius 3 is 2.69 bits per heavy atom. The van der Waals surface area contributed by atoms with Crippen LogP contribution in [-0.4, -0.2) is 43.5 Å². The molecule has 0 aliphatic carbocycles. The monoisotopic (exact) mass is 508 g/mol. The van der Waals surface area contributed by atoms with Gasteiger partial charge in [0, 0.05) is 28.8 Å². The number of carbonyl (C=O) groups excluding carboxylic acids is 2. The predicted octanol–water partition coefficient (Wildman–Crippen LogP) is 3.59. The van der Waals surface area contributed by atoms with Crippen LogP contribution in [0.15, 0.2) is 42.5 Å². The molecule has 0 fully saturated rings. The van der Waals surface area contributed by atoms with Crippen molar-refractivity contribution in [1.82, 2.24) is 20.9 Å². The van der Waals surface area contributed by atoms with Crippen LogP contribution in [0.5, 0.6) is 5.75 Å². The number of aryl methyl sites for hydroxylation is 1. The summed E-state index contributed by atoms with van der Waals surface area (Å²) < 4.78 is 6.23. The van der Waals surface area contributed by atoms with E-state index in [1.165, 1.54) is 12.1 Å². The number of nitrogens with zero attached hydrogens (tertiary/aromatic N) is 2. The Kier molecular flexibility index (Phi) is 9.59. The molecule has 3 aromatic rings. The lowest BCUT2D eigenvalue weighted by molar-refractivity contribution is 0.0991. The second-order valence-electron chi connectivity index (χ2n) is 8.09. The molecule has 0 radical (unpaired) electrons. The van der Waals surface area contributed by atoms with Crippen LogP contribution < -0.4 is 26.4 Å². The molecule has 188 valence electrons. The largest absolute Gasteiger partial charge is 0.469 e. The summed E-state index contributed by atoms with van der Waals surface area (Å²) in [6, 6.07) is 14.1. The Bertz CT molecular complexity index is 1290. The highest BCUT2D eigenvalue weighted by Gasteiger charge is 2.25. The van der Waals surface area contributed by atoms with Gasteiger partial charge in [0.1, 0.15) is 17.3 Å². The molecular formula is C26H29ClN6O3. The number of urea groups is 1. The van der Waals surface area contributed by atoms with Crippen LogP contribution in [0.25, 0.3) is 10.9 Å². The molecule has 5 N–H and O–H groups in total. The Morgan fingerprint density at radius 1 is 1.17 bits per heavy atom. The minimum atomic E-state index is -0.841. The number of fused-ring (bicyclic) bond motifs is 1. The number of ether oxygens (including phenoxy) is 1. The van der Waals surface area contributed by atoms with E-state index in [9.17, 15) is 14.9 Å². The summed E-state index contributed by atoms with van der Waals surface area (Å²) in [6.07, 6.45) is 0.696. The van der Waals surface area contributed by atoms with Gasteiger partial charge in [-0.25, -0.2) is 9.78 Å². The lowest BCUT2D eigenvalue weighted by Gasteiger charge is -2.22. The van der Waals surface area contributed by atoms with Gasteiger partial charge < -0.3 is 21.1 Å². The highest BCUT2D eigenvalue weighted by molar-refractivity contribution is 6.31. The molecule has 1 aromatic heterocycles. The minimum Gasteiger partial charge on any atom is -0.469 e. The molecular weight excluding hydrogens is 480 g/mol. The number of carbonyl (C=O) groups is 2. The van der Waals surface area contributed by atoms with E-state index in [0.717, 1.165) is 23.9 Å². The first-order valence-electron chi connectivity index (χ1n) is 11.6. The number of nitriles is 1. The SMILES string of the molecule is CNC(Oc1cccc2ccc(C)nc12)c1c(Cl)ccc(C(=O)CNC(=O)NCCCCN)c1C#N. The maximum Gasteiger partial charge on any atom is 0.315 e. The number of para-hydroxylation sites is 1. The molecule has 9 nitrogen and oxygen atoms in total.